The first-order valence-electron chi connectivity index (χ1n) is 7.38. The number of halogens is 2. The third-order valence-corrected chi connectivity index (χ3v) is 4.48. The number of nitrogens with zero attached hydrogens (tertiary/aromatic N) is 4. The monoisotopic (exact) mass is 353 g/mol. The Labute approximate surface area is 144 Å². The normalized spacial score (nSPS) is 18.3. The largest absolute Gasteiger partial charge is 0.331 e. The number of carbonyl (C=O) groups excluding carboxylic acids is 1. The quantitative estimate of drug-likeness (QED) is 0.899. The van der Waals surface area contributed by atoms with Gasteiger partial charge < -0.3 is 10.2 Å². The SMILES string of the molecule is Cc1nc(C(=O)N2CCNC[C@@H]2C)nn1-c1c(Cl)cccc1Cl. The Hall–Kier alpha value is -1.63. The van der Waals surface area contributed by atoms with Crippen molar-refractivity contribution in [3.8, 4) is 5.69 Å². The Balaban J connectivity index is 1.96. The van der Waals surface area contributed by atoms with Crippen LogP contribution in [0, 0.1) is 6.92 Å². The maximum atomic E-state index is 12.7. The van der Waals surface area contributed by atoms with Crippen molar-refractivity contribution >= 4 is 29.1 Å². The Morgan fingerprint density at radius 1 is 1.35 bits per heavy atom. The van der Waals surface area contributed by atoms with Crippen molar-refractivity contribution in [3.05, 3.63) is 39.9 Å². The minimum Gasteiger partial charge on any atom is -0.331 e. The van der Waals surface area contributed by atoms with E-state index in [2.05, 4.69) is 15.4 Å². The lowest BCUT2D eigenvalue weighted by Crippen LogP contribution is -2.52. The lowest BCUT2D eigenvalue weighted by Gasteiger charge is -2.33. The molecule has 1 amide bonds. The van der Waals surface area contributed by atoms with Gasteiger partial charge in [0.1, 0.15) is 11.5 Å². The van der Waals surface area contributed by atoms with Gasteiger partial charge in [-0.25, -0.2) is 9.67 Å². The Bertz CT molecular complexity index is 725. The highest BCUT2D eigenvalue weighted by atomic mass is 35.5. The number of aromatic nitrogens is 3. The molecule has 1 aromatic carbocycles. The third kappa shape index (κ3) is 3.06. The summed E-state index contributed by atoms with van der Waals surface area (Å²) in [5.41, 5.74) is 0.535. The van der Waals surface area contributed by atoms with Crippen LogP contribution in [0.2, 0.25) is 10.0 Å². The van der Waals surface area contributed by atoms with E-state index >= 15 is 0 Å². The summed E-state index contributed by atoms with van der Waals surface area (Å²) in [4.78, 5) is 18.8. The van der Waals surface area contributed by atoms with E-state index in [-0.39, 0.29) is 17.8 Å². The van der Waals surface area contributed by atoms with Gasteiger partial charge in [0.15, 0.2) is 0 Å². The summed E-state index contributed by atoms with van der Waals surface area (Å²) in [5, 5.41) is 8.51. The number of para-hydroxylation sites is 1. The minimum atomic E-state index is -0.177. The molecule has 0 unspecified atom stereocenters. The maximum Gasteiger partial charge on any atom is 0.293 e. The molecule has 1 fully saturated rings. The fourth-order valence-electron chi connectivity index (χ4n) is 2.66. The van der Waals surface area contributed by atoms with E-state index in [9.17, 15) is 4.79 Å². The van der Waals surface area contributed by atoms with Crippen LogP contribution in [0.5, 0.6) is 0 Å². The molecule has 0 aliphatic carbocycles. The molecule has 0 radical (unpaired) electrons. The van der Waals surface area contributed by atoms with Crippen molar-refractivity contribution in [1.29, 1.82) is 0 Å². The zero-order chi connectivity index (χ0) is 16.6. The van der Waals surface area contributed by atoms with Gasteiger partial charge in [-0.05, 0) is 26.0 Å². The van der Waals surface area contributed by atoms with E-state index < -0.39 is 0 Å². The highest BCUT2D eigenvalue weighted by Gasteiger charge is 2.28. The second-order valence-electron chi connectivity index (χ2n) is 5.52. The average molecular weight is 354 g/mol. The van der Waals surface area contributed by atoms with Gasteiger partial charge in [-0.3, -0.25) is 4.79 Å². The molecule has 6 nitrogen and oxygen atoms in total. The van der Waals surface area contributed by atoms with Gasteiger partial charge in [-0.1, -0.05) is 29.3 Å². The average Bonchev–Trinajstić information content (AvgIpc) is 2.89. The zero-order valence-corrected chi connectivity index (χ0v) is 14.4. The second-order valence-corrected chi connectivity index (χ2v) is 6.33. The van der Waals surface area contributed by atoms with E-state index in [1.165, 1.54) is 4.68 Å². The summed E-state index contributed by atoms with van der Waals surface area (Å²) in [6, 6.07) is 5.31. The lowest BCUT2D eigenvalue weighted by atomic mass is 10.2. The Kier molecular flexibility index (Phi) is 4.57. The van der Waals surface area contributed by atoms with Gasteiger partial charge in [-0.2, -0.15) is 0 Å². The molecule has 1 atom stereocenters. The number of hydrogen-bond donors (Lipinski definition) is 1. The molecule has 1 N–H and O–H groups in total. The van der Waals surface area contributed by atoms with Crippen LogP contribution < -0.4 is 5.32 Å². The molecule has 1 aromatic heterocycles. The standard InChI is InChI=1S/C15H17Cl2N5O/c1-9-8-18-6-7-21(9)15(23)14-19-10(2)22(20-14)13-11(16)4-3-5-12(13)17/h3-5,9,18H,6-8H2,1-2H3/t9-/m0/s1. The number of nitrogens with one attached hydrogen (secondary N) is 1. The molecule has 0 spiro atoms. The van der Waals surface area contributed by atoms with Gasteiger partial charge in [0.2, 0.25) is 5.82 Å². The minimum absolute atomic E-state index is 0.104. The number of hydrogen-bond acceptors (Lipinski definition) is 4. The Morgan fingerprint density at radius 3 is 2.70 bits per heavy atom. The first-order chi connectivity index (χ1) is 11.0. The van der Waals surface area contributed by atoms with E-state index in [4.69, 9.17) is 23.2 Å². The van der Waals surface area contributed by atoms with E-state index in [1.54, 1.807) is 30.0 Å². The number of piperazine rings is 1. The topological polar surface area (TPSA) is 63.1 Å². The maximum absolute atomic E-state index is 12.7. The van der Waals surface area contributed by atoms with Crippen LogP contribution in [0.4, 0.5) is 0 Å². The van der Waals surface area contributed by atoms with Crippen LogP contribution in [-0.2, 0) is 0 Å². The first-order valence-corrected chi connectivity index (χ1v) is 8.14. The molecule has 122 valence electrons. The number of rotatable bonds is 2. The van der Waals surface area contributed by atoms with Crippen molar-refractivity contribution in [1.82, 2.24) is 25.0 Å². The van der Waals surface area contributed by atoms with Crippen LogP contribution in [0.25, 0.3) is 5.69 Å². The Morgan fingerprint density at radius 2 is 2.04 bits per heavy atom. The highest BCUT2D eigenvalue weighted by Crippen LogP contribution is 2.28. The van der Waals surface area contributed by atoms with Crippen molar-refractivity contribution in [2.24, 2.45) is 0 Å². The van der Waals surface area contributed by atoms with E-state index in [0.29, 0.717) is 28.1 Å². The molecule has 23 heavy (non-hydrogen) atoms. The fourth-order valence-corrected chi connectivity index (χ4v) is 3.21. The van der Waals surface area contributed by atoms with Crippen molar-refractivity contribution in [2.75, 3.05) is 19.6 Å². The van der Waals surface area contributed by atoms with Crippen molar-refractivity contribution in [3.63, 3.8) is 0 Å². The predicted molar refractivity (Wildman–Crippen MR) is 89.5 cm³/mol. The molecule has 1 aliphatic heterocycles. The summed E-state index contributed by atoms with van der Waals surface area (Å²) < 4.78 is 1.52. The third-order valence-electron chi connectivity index (χ3n) is 3.87. The van der Waals surface area contributed by atoms with Crippen LogP contribution in [0.3, 0.4) is 0 Å². The van der Waals surface area contributed by atoms with Crippen molar-refractivity contribution in [2.45, 2.75) is 19.9 Å². The lowest BCUT2D eigenvalue weighted by molar-refractivity contribution is 0.0643. The van der Waals surface area contributed by atoms with E-state index in [1.807, 2.05) is 6.92 Å². The summed E-state index contributed by atoms with van der Waals surface area (Å²) >= 11 is 12.4. The molecule has 1 aliphatic rings. The first kappa shape index (κ1) is 16.2. The summed E-state index contributed by atoms with van der Waals surface area (Å²) in [6.45, 7) is 5.94. The molecule has 0 bridgehead atoms. The number of benzene rings is 1. The zero-order valence-electron chi connectivity index (χ0n) is 12.9. The second kappa shape index (κ2) is 6.47. The summed E-state index contributed by atoms with van der Waals surface area (Å²) in [7, 11) is 0. The molecular weight excluding hydrogens is 337 g/mol. The van der Waals surface area contributed by atoms with Gasteiger partial charge >= 0.3 is 0 Å². The van der Waals surface area contributed by atoms with Gasteiger partial charge in [0.25, 0.3) is 5.91 Å². The van der Waals surface area contributed by atoms with E-state index in [0.717, 1.165) is 13.1 Å². The number of amides is 1. The molecule has 8 heteroatoms. The van der Waals surface area contributed by atoms with Crippen molar-refractivity contribution < 1.29 is 4.79 Å². The predicted octanol–water partition coefficient (Wildman–Crippen LogP) is 2.32. The number of carbonyl (C=O) groups is 1. The van der Waals surface area contributed by atoms with Crippen LogP contribution in [0.15, 0.2) is 18.2 Å². The van der Waals surface area contributed by atoms with Gasteiger partial charge in [0.05, 0.1) is 10.0 Å². The fraction of sp³-hybridized carbons (Fsp3) is 0.400. The summed E-state index contributed by atoms with van der Waals surface area (Å²) in [5.74, 6) is 0.544. The van der Waals surface area contributed by atoms with Crippen LogP contribution >= 0.6 is 23.2 Å². The van der Waals surface area contributed by atoms with Gasteiger partial charge in [0, 0.05) is 25.7 Å². The molecule has 3 rings (SSSR count). The number of aryl methyl sites for hydroxylation is 1. The highest BCUT2D eigenvalue weighted by molar-refractivity contribution is 6.37. The van der Waals surface area contributed by atoms with Crippen LogP contribution in [-0.4, -0.2) is 51.2 Å². The molecule has 2 aromatic rings. The molecule has 0 saturated carbocycles. The molecule has 2 heterocycles. The smallest absolute Gasteiger partial charge is 0.293 e. The van der Waals surface area contributed by atoms with Crippen LogP contribution in [0.1, 0.15) is 23.4 Å². The van der Waals surface area contributed by atoms with Gasteiger partial charge in [-0.15, -0.1) is 5.10 Å². The molecular formula is C15H17Cl2N5O. The summed E-state index contributed by atoms with van der Waals surface area (Å²) in [6.07, 6.45) is 0. The molecule has 1 saturated heterocycles.